The summed E-state index contributed by atoms with van der Waals surface area (Å²) >= 11 is 7.45. The molecule has 4 rings (SSSR count). The van der Waals surface area contributed by atoms with Crippen molar-refractivity contribution in [1.29, 1.82) is 0 Å². The third-order valence-corrected chi connectivity index (χ3v) is 6.27. The smallest absolute Gasteiger partial charge is 0.165 e. The minimum Gasteiger partial charge on any atom is -0.369 e. The van der Waals surface area contributed by atoms with Gasteiger partial charge in [0.25, 0.3) is 0 Å². The van der Waals surface area contributed by atoms with Gasteiger partial charge in [-0.15, -0.1) is 11.3 Å². The van der Waals surface area contributed by atoms with E-state index in [0.29, 0.717) is 12.0 Å². The Bertz CT molecular complexity index is 948. The predicted octanol–water partition coefficient (Wildman–Crippen LogP) is 5.09. The Morgan fingerprint density at radius 3 is 2.56 bits per heavy atom. The number of piperazine rings is 1. The standard InChI is InChI=1S/C21H20ClFN2OS/c22-15-1-4-17(5-2-15)25-11-9-24(10-12-25)8-7-20(26)19-14-27-21-6-3-16(23)13-18(19)21/h1-6,13-14H,7-12H2. The largest absolute Gasteiger partial charge is 0.369 e. The monoisotopic (exact) mass is 402 g/mol. The molecule has 3 nitrogen and oxygen atoms in total. The first-order chi connectivity index (χ1) is 13.1. The maximum absolute atomic E-state index is 13.5. The van der Waals surface area contributed by atoms with Crippen LogP contribution < -0.4 is 4.90 Å². The summed E-state index contributed by atoms with van der Waals surface area (Å²) in [5.74, 6) is -0.208. The van der Waals surface area contributed by atoms with E-state index in [1.807, 2.05) is 29.6 Å². The van der Waals surface area contributed by atoms with E-state index >= 15 is 0 Å². The van der Waals surface area contributed by atoms with Crippen molar-refractivity contribution in [2.24, 2.45) is 0 Å². The van der Waals surface area contributed by atoms with E-state index in [1.54, 1.807) is 6.07 Å². The first-order valence-electron chi connectivity index (χ1n) is 9.03. The number of fused-ring (bicyclic) bond motifs is 1. The maximum atomic E-state index is 13.5. The Labute approximate surface area is 167 Å². The normalized spacial score (nSPS) is 15.4. The van der Waals surface area contributed by atoms with Gasteiger partial charge in [0.15, 0.2) is 5.78 Å². The van der Waals surface area contributed by atoms with Crippen LogP contribution in [0.25, 0.3) is 10.1 Å². The molecule has 0 spiro atoms. The molecule has 0 N–H and O–H groups in total. The van der Waals surface area contributed by atoms with Crippen LogP contribution in [0.2, 0.25) is 5.02 Å². The quantitative estimate of drug-likeness (QED) is 0.555. The number of anilines is 1. The summed E-state index contributed by atoms with van der Waals surface area (Å²) < 4.78 is 14.5. The van der Waals surface area contributed by atoms with E-state index in [2.05, 4.69) is 9.80 Å². The summed E-state index contributed by atoms with van der Waals surface area (Å²) in [6.07, 6.45) is 0.462. The number of rotatable bonds is 5. The van der Waals surface area contributed by atoms with Crippen molar-refractivity contribution in [3.63, 3.8) is 0 Å². The lowest BCUT2D eigenvalue weighted by atomic mass is 10.1. The van der Waals surface area contributed by atoms with Gasteiger partial charge in [-0.05, 0) is 42.5 Å². The van der Waals surface area contributed by atoms with Gasteiger partial charge in [0.1, 0.15) is 5.82 Å². The summed E-state index contributed by atoms with van der Waals surface area (Å²) in [5.41, 5.74) is 1.83. The number of nitrogens with zero attached hydrogens (tertiary/aromatic N) is 2. The van der Waals surface area contributed by atoms with E-state index in [1.165, 1.54) is 29.2 Å². The van der Waals surface area contributed by atoms with Crippen LogP contribution in [-0.2, 0) is 0 Å². The summed E-state index contributed by atoms with van der Waals surface area (Å²) in [7, 11) is 0. The van der Waals surface area contributed by atoms with Crippen LogP contribution in [-0.4, -0.2) is 43.4 Å². The van der Waals surface area contributed by atoms with Crippen LogP contribution in [0.3, 0.4) is 0 Å². The van der Waals surface area contributed by atoms with Crippen LogP contribution >= 0.6 is 22.9 Å². The highest BCUT2D eigenvalue weighted by Crippen LogP contribution is 2.28. The van der Waals surface area contributed by atoms with Gasteiger partial charge in [-0.3, -0.25) is 9.69 Å². The van der Waals surface area contributed by atoms with Crippen LogP contribution in [0, 0.1) is 5.82 Å². The SMILES string of the molecule is O=C(CCN1CCN(c2ccc(Cl)cc2)CC1)c1csc2ccc(F)cc12. The van der Waals surface area contributed by atoms with Gasteiger partial charge in [-0.1, -0.05) is 11.6 Å². The van der Waals surface area contributed by atoms with Crippen molar-refractivity contribution in [3.8, 4) is 0 Å². The fourth-order valence-corrected chi connectivity index (χ4v) is 4.56. The van der Waals surface area contributed by atoms with Crippen LogP contribution in [0.15, 0.2) is 47.8 Å². The summed E-state index contributed by atoms with van der Waals surface area (Å²) in [6, 6.07) is 12.6. The molecule has 140 valence electrons. The molecule has 0 amide bonds. The zero-order valence-corrected chi connectivity index (χ0v) is 16.4. The van der Waals surface area contributed by atoms with Gasteiger partial charge >= 0.3 is 0 Å². The number of carbonyl (C=O) groups is 1. The number of hydrogen-bond acceptors (Lipinski definition) is 4. The molecule has 2 heterocycles. The molecule has 1 aliphatic rings. The number of carbonyl (C=O) groups excluding carboxylic acids is 1. The summed E-state index contributed by atoms with van der Waals surface area (Å²) in [6.45, 7) is 4.45. The first kappa shape index (κ1) is 18.4. The Kier molecular flexibility index (Phi) is 5.43. The lowest BCUT2D eigenvalue weighted by molar-refractivity contribution is 0.0964. The van der Waals surface area contributed by atoms with Gasteiger partial charge in [-0.2, -0.15) is 0 Å². The fraction of sp³-hybridized carbons (Fsp3) is 0.286. The third kappa shape index (κ3) is 4.15. The molecule has 0 unspecified atom stereocenters. The molecule has 0 saturated carbocycles. The van der Waals surface area contributed by atoms with Crippen molar-refractivity contribution in [3.05, 3.63) is 64.2 Å². The second kappa shape index (κ2) is 7.97. The van der Waals surface area contributed by atoms with Crippen molar-refractivity contribution in [1.82, 2.24) is 4.90 Å². The highest BCUT2D eigenvalue weighted by molar-refractivity contribution is 7.17. The van der Waals surface area contributed by atoms with Gasteiger partial charge in [0, 0.05) is 70.9 Å². The lowest BCUT2D eigenvalue weighted by Crippen LogP contribution is -2.46. The third-order valence-electron chi connectivity index (χ3n) is 5.06. The fourth-order valence-electron chi connectivity index (χ4n) is 3.49. The topological polar surface area (TPSA) is 23.6 Å². The van der Waals surface area contributed by atoms with Crippen molar-refractivity contribution in [2.45, 2.75) is 6.42 Å². The zero-order chi connectivity index (χ0) is 18.8. The number of halogens is 2. The molecule has 27 heavy (non-hydrogen) atoms. The van der Waals surface area contributed by atoms with E-state index < -0.39 is 0 Å². The summed E-state index contributed by atoms with van der Waals surface area (Å²) in [5, 5.41) is 3.33. The lowest BCUT2D eigenvalue weighted by Gasteiger charge is -2.36. The van der Waals surface area contributed by atoms with E-state index in [9.17, 15) is 9.18 Å². The number of hydrogen-bond donors (Lipinski definition) is 0. The van der Waals surface area contributed by atoms with Crippen molar-refractivity contribution >= 4 is 44.5 Å². The predicted molar refractivity (Wildman–Crippen MR) is 111 cm³/mol. The maximum Gasteiger partial charge on any atom is 0.165 e. The molecular weight excluding hydrogens is 383 g/mol. The molecule has 1 aromatic heterocycles. The molecule has 0 radical (unpaired) electrons. The van der Waals surface area contributed by atoms with E-state index in [0.717, 1.165) is 47.8 Å². The van der Waals surface area contributed by atoms with Crippen LogP contribution in [0.4, 0.5) is 10.1 Å². The minimum absolute atomic E-state index is 0.0898. The molecule has 6 heteroatoms. The molecule has 2 aromatic carbocycles. The molecule has 0 atom stereocenters. The molecule has 1 saturated heterocycles. The van der Waals surface area contributed by atoms with Crippen LogP contribution in [0.5, 0.6) is 0 Å². The molecule has 1 aliphatic heterocycles. The molecule has 0 bridgehead atoms. The minimum atomic E-state index is -0.298. The highest BCUT2D eigenvalue weighted by Gasteiger charge is 2.19. The van der Waals surface area contributed by atoms with Gasteiger partial charge in [0.05, 0.1) is 0 Å². The Balaban J connectivity index is 1.32. The van der Waals surface area contributed by atoms with Gasteiger partial charge < -0.3 is 4.90 Å². The average molecular weight is 403 g/mol. The number of thiophene rings is 1. The molecule has 0 aliphatic carbocycles. The van der Waals surface area contributed by atoms with Crippen molar-refractivity contribution in [2.75, 3.05) is 37.6 Å². The van der Waals surface area contributed by atoms with E-state index in [-0.39, 0.29) is 11.6 Å². The average Bonchev–Trinajstić information content (AvgIpc) is 3.10. The number of ketones is 1. The highest BCUT2D eigenvalue weighted by atomic mass is 35.5. The number of benzene rings is 2. The molecule has 3 aromatic rings. The zero-order valence-electron chi connectivity index (χ0n) is 14.8. The summed E-state index contributed by atoms with van der Waals surface area (Å²) in [4.78, 5) is 17.3. The second-order valence-corrected chi connectivity index (χ2v) is 8.12. The van der Waals surface area contributed by atoms with Crippen LogP contribution in [0.1, 0.15) is 16.8 Å². The van der Waals surface area contributed by atoms with Gasteiger partial charge in [0.2, 0.25) is 0 Å². The Hall–Kier alpha value is -1.95. The molecule has 1 fully saturated rings. The second-order valence-electron chi connectivity index (χ2n) is 6.77. The van der Waals surface area contributed by atoms with Crippen molar-refractivity contribution < 1.29 is 9.18 Å². The Morgan fingerprint density at radius 1 is 1.07 bits per heavy atom. The van der Waals surface area contributed by atoms with E-state index in [4.69, 9.17) is 11.6 Å². The first-order valence-corrected chi connectivity index (χ1v) is 10.3. The Morgan fingerprint density at radius 2 is 1.81 bits per heavy atom. The van der Waals surface area contributed by atoms with Gasteiger partial charge in [-0.25, -0.2) is 4.39 Å². The molecular formula is C21H20ClFN2OS. The number of Topliss-reactive ketones (excluding diaryl/α,β-unsaturated/α-hetero) is 1.